The monoisotopic (exact) mass is 338 g/mol. The van der Waals surface area contributed by atoms with E-state index < -0.39 is 0 Å². The topological polar surface area (TPSA) is 35.5 Å². The first kappa shape index (κ1) is 16.1. The fourth-order valence-corrected chi connectivity index (χ4v) is 5.82. The van der Waals surface area contributed by atoms with Crippen LogP contribution < -0.4 is 9.47 Å². The molecule has 1 atom stereocenters. The van der Waals surface area contributed by atoms with Gasteiger partial charge in [0, 0.05) is 17.4 Å². The van der Waals surface area contributed by atoms with E-state index in [1.54, 1.807) is 0 Å². The second-order valence-corrected chi connectivity index (χ2v) is 8.56. The summed E-state index contributed by atoms with van der Waals surface area (Å²) in [5, 5.41) is 0.793. The molecule has 3 rings (SSSR count). The number of unbranched alkanes of at least 4 members (excludes halogenated alkanes) is 1. The highest BCUT2D eigenvalue weighted by molar-refractivity contribution is 8.77. The predicted molar refractivity (Wildman–Crippen MR) is 92.8 cm³/mol. The molecule has 120 valence electrons. The molecule has 2 heterocycles. The quantitative estimate of drug-likeness (QED) is 0.327. The van der Waals surface area contributed by atoms with Gasteiger partial charge in [-0.25, -0.2) is 0 Å². The van der Waals surface area contributed by atoms with E-state index >= 15 is 0 Å². The van der Waals surface area contributed by atoms with Gasteiger partial charge in [-0.3, -0.25) is 4.79 Å². The molecule has 0 N–H and O–H groups in total. The lowest BCUT2D eigenvalue weighted by atomic mass is 10.1. The van der Waals surface area contributed by atoms with Crippen molar-refractivity contribution in [2.45, 2.75) is 50.2 Å². The van der Waals surface area contributed by atoms with Crippen molar-refractivity contribution in [3.05, 3.63) is 23.8 Å². The molecular formula is C17H22O3S2. The molecule has 0 bridgehead atoms. The molecule has 22 heavy (non-hydrogen) atoms. The van der Waals surface area contributed by atoms with Gasteiger partial charge in [0.1, 0.15) is 11.5 Å². The number of fused-ring (bicyclic) bond motifs is 1. The summed E-state index contributed by atoms with van der Waals surface area (Å²) >= 11 is 0. The maximum atomic E-state index is 11.9. The number of ether oxygens (including phenoxy) is 2. The van der Waals surface area contributed by atoms with Crippen LogP contribution in [0.1, 0.15) is 44.1 Å². The highest BCUT2D eigenvalue weighted by Crippen LogP contribution is 2.39. The van der Waals surface area contributed by atoms with E-state index in [9.17, 15) is 4.79 Å². The molecule has 1 saturated heterocycles. The molecule has 0 spiro atoms. The van der Waals surface area contributed by atoms with E-state index in [4.69, 9.17) is 9.47 Å². The van der Waals surface area contributed by atoms with Gasteiger partial charge in [-0.15, -0.1) is 0 Å². The lowest BCUT2D eigenvalue weighted by Crippen LogP contribution is -2.11. The molecule has 5 heteroatoms. The Hall–Kier alpha value is -0.810. The average Bonchev–Trinajstić information content (AvgIpc) is 3.05. The van der Waals surface area contributed by atoms with E-state index in [0.717, 1.165) is 48.9 Å². The van der Waals surface area contributed by atoms with Gasteiger partial charge in [0.2, 0.25) is 0 Å². The van der Waals surface area contributed by atoms with Crippen molar-refractivity contribution in [3.63, 3.8) is 0 Å². The minimum atomic E-state index is -0.120. The summed E-state index contributed by atoms with van der Waals surface area (Å²) in [5.74, 6) is 2.74. The molecule has 1 fully saturated rings. The molecule has 1 aromatic rings. The molecule has 0 saturated carbocycles. The first-order valence-electron chi connectivity index (χ1n) is 8.06. The van der Waals surface area contributed by atoms with Gasteiger partial charge >= 0.3 is 5.97 Å². The second kappa shape index (κ2) is 8.16. The van der Waals surface area contributed by atoms with E-state index in [1.165, 1.54) is 18.6 Å². The zero-order chi connectivity index (χ0) is 15.2. The van der Waals surface area contributed by atoms with Gasteiger partial charge in [0.25, 0.3) is 0 Å². The molecule has 3 nitrogen and oxygen atoms in total. The Balaban J connectivity index is 1.39. The van der Waals surface area contributed by atoms with Crippen LogP contribution in [0.2, 0.25) is 0 Å². The van der Waals surface area contributed by atoms with Crippen LogP contribution in [0.25, 0.3) is 0 Å². The van der Waals surface area contributed by atoms with Gasteiger partial charge in [0.05, 0.1) is 6.61 Å². The van der Waals surface area contributed by atoms with E-state index in [1.807, 2.05) is 39.8 Å². The highest BCUT2D eigenvalue weighted by atomic mass is 33.1. The Bertz CT molecular complexity index is 513. The fraction of sp³-hybridized carbons (Fsp3) is 0.588. The van der Waals surface area contributed by atoms with Crippen molar-refractivity contribution in [2.24, 2.45) is 0 Å². The van der Waals surface area contributed by atoms with Crippen LogP contribution >= 0.6 is 21.6 Å². The first-order chi connectivity index (χ1) is 10.8. The number of carbonyl (C=O) groups is 1. The summed E-state index contributed by atoms with van der Waals surface area (Å²) in [6.07, 6.45) is 7.12. The van der Waals surface area contributed by atoms with Crippen LogP contribution in [0.15, 0.2) is 18.2 Å². The zero-order valence-corrected chi connectivity index (χ0v) is 14.3. The first-order valence-corrected chi connectivity index (χ1v) is 10.4. The summed E-state index contributed by atoms with van der Waals surface area (Å²) in [6, 6.07) is 5.68. The largest absolute Gasteiger partial charge is 0.493 e. The summed E-state index contributed by atoms with van der Waals surface area (Å²) in [5.41, 5.74) is 1.15. The third kappa shape index (κ3) is 4.59. The average molecular weight is 338 g/mol. The van der Waals surface area contributed by atoms with Crippen molar-refractivity contribution in [2.75, 3.05) is 12.4 Å². The molecule has 0 amide bonds. The number of rotatable bonds is 6. The molecule has 1 unspecified atom stereocenters. The number of benzene rings is 1. The van der Waals surface area contributed by atoms with Crippen LogP contribution in [0.3, 0.4) is 0 Å². The maximum absolute atomic E-state index is 11.9. The molecule has 2 aliphatic heterocycles. The normalized spacial score (nSPS) is 20.3. The number of aryl methyl sites for hydroxylation is 1. The molecule has 0 radical (unpaired) electrons. The van der Waals surface area contributed by atoms with Crippen LogP contribution in [0, 0.1) is 0 Å². The Morgan fingerprint density at radius 1 is 1.36 bits per heavy atom. The minimum absolute atomic E-state index is 0.120. The Kier molecular flexibility index (Phi) is 5.96. The number of hydrogen-bond acceptors (Lipinski definition) is 5. The lowest BCUT2D eigenvalue weighted by molar-refractivity contribution is -0.134. The number of carbonyl (C=O) groups excluding carboxylic acids is 1. The smallest absolute Gasteiger partial charge is 0.311 e. The van der Waals surface area contributed by atoms with Crippen molar-refractivity contribution >= 4 is 27.6 Å². The fourth-order valence-electron chi connectivity index (χ4n) is 2.79. The van der Waals surface area contributed by atoms with Crippen molar-refractivity contribution in [3.8, 4) is 11.5 Å². The Morgan fingerprint density at radius 3 is 3.18 bits per heavy atom. The van der Waals surface area contributed by atoms with Crippen molar-refractivity contribution < 1.29 is 14.3 Å². The summed E-state index contributed by atoms with van der Waals surface area (Å²) in [6.45, 7) is 0.782. The van der Waals surface area contributed by atoms with E-state index in [-0.39, 0.29) is 5.97 Å². The van der Waals surface area contributed by atoms with E-state index in [0.29, 0.717) is 12.2 Å². The second-order valence-electron chi connectivity index (χ2n) is 5.77. The molecular weight excluding hydrogens is 316 g/mol. The summed E-state index contributed by atoms with van der Waals surface area (Å²) in [4.78, 5) is 11.9. The van der Waals surface area contributed by atoms with Gasteiger partial charge < -0.3 is 9.47 Å². The summed E-state index contributed by atoms with van der Waals surface area (Å²) < 4.78 is 11.0. The lowest BCUT2D eigenvalue weighted by Gasteiger charge is -2.17. The molecule has 2 aliphatic rings. The van der Waals surface area contributed by atoms with Crippen LogP contribution in [-0.4, -0.2) is 23.6 Å². The van der Waals surface area contributed by atoms with Crippen LogP contribution in [0.5, 0.6) is 11.5 Å². The Morgan fingerprint density at radius 2 is 2.32 bits per heavy atom. The minimum Gasteiger partial charge on any atom is -0.493 e. The Labute approximate surface area is 139 Å². The van der Waals surface area contributed by atoms with Gasteiger partial charge in [0.15, 0.2) is 0 Å². The number of hydrogen-bond donors (Lipinski definition) is 0. The van der Waals surface area contributed by atoms with Gasteiger partial charge in [-0.2, -0.15) is 0 Å². The van der Waals surface area contributed by atoms with Gasteiger partial charge in [-0.1, -0.05) is 28.0 Å². The maximum Gasteiger partial charge on any atom is 0.311 e. The van der Waals surface area contributed by atoms with Gasteiger partial charge in [-0.05, 0) is 55.9 Å². The SMILES string of the molecule is O=C(CCCCC1CCSS1)Oc1ccc2c(c1)CCCO2. The standard InChI is InChI=1S/C17H22O3S2/c18-17(6-2-1-5-15-9-11-21-22-15)20-14-7-8-16-13(12-14)4-3-10-19-16/h7-8,12,15H,1-6,9-11H2. The zero-order valence-electron chi connectivity index (χ0n) is 12.7. The molecule has 1 aromatic carbocycles. The third-order valence-corrected chi connectivity index (χ3v) is 7.00. The predicted octanol–water partition coefficient (Wildman–Crippen LogP) is 4.63. The molecule has 0 aliphatic carbocycles. The van der Waals surface area contributed by atoms with Crippen molar-refractivity contribution in [1.29, 1.82) is 0 Å². The van der Waals surface area contributed by atoms with Crippen LogP contribution in [0.4, 0.5) is 0 Å². The van der Waals surface area contributed by atoms with E-state index in [2.05, 4.69) is 0 Å². The molecule has 0 aromatic heterocycles. The third-order valence-electron chi connectivity index (χ3n) is 4.00. The summed E-state index contributed by atoms with van der Waals surface area (Å²) in [7, 11) is 3.98. The van der Waals surface area contributed by atoms with Crippen LogP contribution in [-0.2, 0) is 11.2 Å². The highest BCUT2D eigenvalue weighted by Gasteiger charge is 2.16. The van der Waals surface area contributed by atoms with Crippen molar-refractivity contribution in [1.82, 2.24) is 0 Å². The number of esters is 1.